The summed E-state index contributed by atoms with van der Waals surface area (Å²) in [7, 11) is 0. The number of aliphatic hydroxyl groups is 1. The van der Waals surface area contributed by atoms with E-state index in [2.05, 4.69) is 6.92 Å². The third-order valence-corrected chi connectivity index (χ3v) is 2.68. The Morgan fingerprint density at radius 1 is 1.00 bits per heavy atom. The quantitative estimate of drug-likeness (QED) is 0.466. The first kappa shape index (κ1) is 11.0. The summed E-state index contributed by atoms with van der Waals surface area (Å²) in [5, 5.41) is 8.62. The van der Waals surface area contributed by atoms with Crippen molar-refractivity contribution in [2.45, 2.75) is 64.1 Å². The van der Waals surface area contributed by atoms with Crippen LogP contribution < -0.4 is 0 Å². The molecule has 78 valence electrons. The second kappa shape index (κ2) is 6.39. The third-order valence-electron chi connectivity index (χ3n) is 2.68. The van der Waals surface area contributed by atoms with Crippen LogP contribution in [0, 0.1) is 0 Å². The van der Waals surface area contributed by atoms with E-state index in [-0.39, 0.29) is 0 Å². The van der Waals surface area contributed by atoms with Gasteiger partial charge in [0.25, 0.3) is 0 Å². The van der Waals surface area contributed by atoms with Gasteiger partial charge in [-0.25, -0.2) is 0 Å². The topological polar surface area (TPSA) is 32.8 Å². The van der Waals surface area contributed by atoms with Crippen LogP contribution in [0.1, 0.15) is 51.9 Å². The lowest BCUT2D eigenvalue weighted by atomic mass is 10.1. The zero-order valence-corrected chi connectivity index (χ0v) is 8.67. The zero-order valence-electron chi connectivity index (χ0n) is 8.67. The average Bonchev–Trinajstić information content (AvgIpc) is 2.88. The van der Waals surface area contributed by atoms with Crippen LogP contribution in [-0.2, 0) is 4.74 Å². The highest BCUT2D eigenvalue weighted by Crippen LogP contribution is 2.30. The van der Waals surface area contributed by atoms with Crippen LogP contribution in [0.3, 0.4) is 0 Å². The summed E-state index contributed by atoms with van der Waals surface area (Å²) in [5.74, 6) is 0. The number of hydrogen-bond donors (Lipinski definition) is 1. The zero-order chi connectivity index (χ0) is 9.52. The van der Waals surface area contributed by atoms with E-state index in [1.165, 1.54) is 32.1 Å². The number of unbranched alkanes of at least 4 members (excludes halogenated alkanes) is 3. The van der Waals surface area contributed by atoms with Crippen molar-refractivity contribution in [3.8, 4) is 0 Å². The normalized spacial score (nSPS) is 26.3. The van der Waals surface area contributed by atoms with Gasteiger partial charge in [0.05, 0.1) is 12.2 Å². The van der Waals surface area contributed by atoms with Gasteiger partial charge in [-0.1, -0.05) is 32.6 Å². The highest BCUT2D eigenvalue weighted by atomic mass is 16.6. The highest BCUT2D eigenvalue weighted by Gasteiger charge is 2.36. The molecule has 1 aliphatic heterocycles. The van der Waals surface area contributed by atoms with Gasteiger partial charge in [0.2, 0.25) is 0 Å². The van der Waals surface area contributed by atoms with Gasteiger partial charge in [-0.2, -0.15) is 0 Å². The molecule has 1 aliphatic rings. The first-order chi connectivity index (χ1) is 6.38. The van der Waals surface area contributed by atoms with Crippen molar-refractivity contribution in [1.82, 2.24) is 0 Å². The minimum atomic E-state index is 0.308. The Morgan fingerprint density at radius 3 is 2.31 bits per heavy atom. The fourth-order valence-corrected chi connectivity index (χ4v) is 1.75. The van der Waals surface area contributed by atoms with Crippen LogP contribution in [0.2, 0.25) is 0 Å². The molecule has 2 heteroatoms. The summed E-state index contributed by atoms with van der Waals surface area (Å²) in [6.07, 6.45) is 9.52. The van der Waals surface area contributed by atoms with Crippen LogP contribution in [0.15, 0.2) is 0 Å². The maximum atomic E-state index is 8.62. The van der Waals surface area contributed by atoms with Gasteiger partial charge in [-0.15, -0.1) is 0 Å². The van der Waals surface area contributed by atoms with Crippen LogP contribution in [0.4, 0.5) is 0 Å². The molecule has 0 aromatic rings. The number of ether oxygens (including phenoxy) is 1. The lowest BCUT2D eigenvalue weighted by Gasteiger charge is -1.95. The Balaban J connectivity index is 1.83. The van der Waals surface area contributed by atoms with Crippen molar-refractivity contribution in [2.24, 2.45) is 0 Å². The number of rotatable bonds is 8. The summed E-state index contributed by atoms with van der Waals surface area (Å²) >= 11 is 0. The predicted octanol–water partition coefficient (Wildman–Crippen LogP) is 2.50. The van der Waals surface area contributed by atoms with Crippen molar-refractivity contribution < 1.29 is 9.84 Å². The van der Waals surface area contributed by atoms with Crippen LogP contribution in [0.5, 0.6) is 0 Å². The van der Waals surface area contributed by atoms with Crippen LogP contribution >= 0.6 is 0 Å². The molecule has 0 aliphatic carbocycles. The molecular weight excluding hydrogens is 164 g/mol. The molecular formula is C11H22O2. The van der Waals surface area contributed by atoms with Gasteiger partial charge < -0.3 is 9.84 Å². The summed E-state index contributed by atoms with van der Waals surface area (Å²) in [6.45, 7) is 2.54. The lowest BCUT2D eigenvalue weighted by Crippen LogP contribution is -1.95. The van der Waals surface area contributed by atoms with Crippen molar-refractivity contribution in [3.63, 3.8) is 0 Å². The molecule has 0 saturated carbocycles. The number of epoxide rings is 1. The van der Waals surface area contributed by atoms with Crippen molar-refractivity contribution in [3.05, 3.63) is 0 Å². The minimum absolute atomic E-state index is 0.308. The molecule has 0 spiro atoms. The molecule has 0 bridgehead atoms. The second-order valence-corrected chi connectivity index (χ2v) is 3.93. The second-order valence-electron chi connectivity index (χ2n) is 3.93. The smallest absolute Gasteiger partial charge is 0.0842 e. The maximum absolute atomic E-state index is 8.62. The molecule has 0 aromatic heterocycles. The summed E-state index contributed by atoms with van der Waals surface area (Å²) in [5.41, 5.74) is 0. The molecule has 1 heterocycles. The fourth-order valence-electron chi connectivity index (χ4n) is 1.75. The molecule has 0 aromatic carbocycles. The van der Waals surface area contributed by atoms with Crippen molar-refractivity contribution in [2.75, 3.05) is 6.61 Å². The first-order valence-electron chi connectivity index (χ1n) is 5.64. The third kappa shape index (κ3) is 4.63. The molecule has 1 N–H and O–H groups in total. The van der Waals surface area contributed by atoms with Gasteiger partial charge in [-0.05, 0) is 19.3 Å². The Bertz CT molecular complexity index is 125. The largest absolute Gasteiger partial charge is 0.396 e. The SMILES string of the molecule is CCCCCCC1OC1CCCO. The van der Waals surface area contributed by atoms with Gasteiger partial charge >= 0.3 is 0 Å². The summed E-state index contributed by atoms with van der Waals surface area (Å²) in [4.78, 5) is 0. The fraction of sp³-hybridized carbons (Fsp3) is 1.00. The number of aliphatic hydroxyl groups excluding tert-OH is 1. The van der Waals surface area contributed by atoms with Crippen LogP contribution in [0.25, 0.3) is 0 Å². The summed E-state index contributed by atoms with van der Waals surface area (Å²) in [6, 6.07) is 0. The molecule has 1 fully saturated rings. The molecule has 0 radical (unpaired) electrons. The minimum Gasteiger partial charge on any atom is -0.396 e. The highest BCUT2D eigenvalue weighted by molar-refractivity contribution is 4.84. The monoisotopic (exact) mass is 186 g/mol. The molecule has 1 saturated heterocycles. The van der Waals surface area contributed by atoms with E-state index in [0.717, 1.165) is 12.8 Å². The molecule has 2 nitrogen and oxygen atoms in total. The molecule has 2 atom stereocenters. The maximum Gasteiger partial charge on any atom is 0.0842 e. The van der Waals surface area contributed by atoms with E-state index in [1.54, 1.807) is 0 Å². The Morgan fingerprint density at radius 2 is 1.69 bits per heavy atom. The van der Waals surface area contributed by atoms with E-state index >= 15 is 0 Å². The Hall–Kier alpha value is -0.0800. The number of hydrogen-bond acceptors (Lipinski definition) is 2. The van der Waals surface area contributed by atoms with Crippen LogP contribution in [-0.4, -0.2) is 23.9 Å². The van der Waals surface area contributed by atoms with E-state index in [0.29, 0.717) is 18.8 Å². The summed E-state index contributed by atoms with van der Waals surface area (Å²) < 4.78 is 5.49. The van der Waals surface area contributed by atoms with E-state index < -0.39 is 0 Å². The van der Waals surface area contributed by atoms with Gasteiger partial charge in [-0.3, -0.25) is 0 Å². The van der Waals surface area contributed by atoms with E-state index in [4.69, 9.17) is 9.84 Å². The van der Waals surface area contributed by atoms with Gasteiger partial charge in [0.1, 0.15) is 0 Å². The molecule has 0 amide bonds. The molecule has 1 rings (SSSR count). The van der Waals surface area contributed by atoms with Gasteiger partial charge in [0, 0.05) is 6.61 Å². The van der Waals surface area contributed by atoms with Crippen molar-refractivity contribution >= 4 is 0 Å². The van der Waals surface area contributed by atoms with Gasteiger partial charge in [0.15, 0.2) is 0 Å². The first-order valence-corrected chi connectivity index (χ1v) is 5.64. The molecule has 2 unspecified atom stereocenters. The lowest BCUT2D eigenvalue weighted by molar-refractivity contribution is 0.272. The Labute approximate surface area is 81.3 Å². The standard InChI is InChI=1S/C11H22O2/c1-2-3-4-5-7-10-11(13-10)8-6-9-12/h10-12H,2-9H2,1H3. The predicted molar refractivity (Wildman–Crippen MR) is 53.7 cm³/mol. The van der Waals surface area contributed by atoms with E-state index in [1.807, 2.05) is 0 Å². The molecule has 13 heavy (non-hydrogen) atoms. The van der Waals surface area contributed by atoms with E-state index in [9.17, 15) is 0 Å². The Kier molecular flexibility index (Phi) is 5.40. The average molecular weight is 186 g/mol. The van der Waals surface area contributed by atoms with Crippen molar-refractivity contribution in [1.29, 1.82) is 0 Å².